The molecule has 0 radical (unpaired) electrons. The van der Waals surface area contributed by atoms with Gasteiger partial charge in [-0.15, -0.1) is 0 Å². The maximum Gasteiger partial charge on any atom is 0.320 e. The lowest BCUT2D eigenvalue weighted by atomic mass is 10.0. The summed E-state index contributed by atoms with van der Waals surface area (Å²) >= 11 is 0. The predicted octanol–water partition coefficient (Wildman–Crippen LogP) is 2.13. The summed E-state index contributed by atoms with van der Waals surface area (Å²) in [5.74, 6) is -0.986. The number of carboxylic acids is 1. The average molecular weight is 290 g/mol. The molecule has 21 heavy (non-hydrogen) atoms. The zero-order chi connectivity index (χ0) is 15.2. The van der Waals surface area contributed by atoms with Crippen molar-refractivity contribution in [1.82, 2.24) is 4.90 Å². The van der Waals surface area contributed by atoms with Crippen LogP contribution in [0.3, 0.4) is 0 Å². The lowest BCUT2D eigenvalue weighted by Crippen LogP contribution is -2.47. The van der Waals surface area contributed by atoms with E-state index in [-0.39, 0.29) is 12.5 Å². The lowest BCUT2D eigenvalue weighted by Gasteiger charge is -2.32. The van der Waals surface area contributed by atoms with Crippen molar-refractivity contribution in [2.24, 2.45) is 0 Å². The molecule has 2 N–H and O–H groups in total. The highest BCUT2D eigenvalue weighted by atomic mass is 16.4. The highest BCUT2D eigenvalue weighted by molar-refractivity contribution is 5.93. The molecule has 0 saturated carbocycles. The summed E-state index contributed by atoms with van der Waals surface area (Å²) in [4.78, 5) is 25.2. The second kappa shape index (κ2) is 7.22. The average Bonchev–Trinajstić information content (AvgIpc) is 2.48. The van der Waals surface area contributed by atoms with Gasteiger partial charge >= 0.3 is 5.97 Å². The number of anilines is 1. The Balaban J connectivity index is 1.99. The topological polar surface area (TPSA) is 69.6 Å². The number of carboxylic acid groups (broad SMARTS) is 1. The molecule has 1 aliphatic rings. The molecular formula is C16H22N2O3. The number of carbonyl (C=O) groups is 2. The maximum absolute atomic E-state index is 12.2. The van der Waals surface area contributed by atoms with Crippen LogP contribution in [0.2, 0.25) is 0 Å². The molecule has 5 heteroatoms. The first-order valence-corrected chi connectivity index (χ1v) is 7.46. The van der Waals surface area contributed by atoms with Crippen LogP contribution in [-0.2, 0) is 16.0 Å². The van der Waals surface area contributed by atoms with E-state index in [1.165, 1.54) is 0 Å². The van der Waals surface area contributed by atoms with Crippen molar-refractivity contribution in [2.75, 3.05) is 18.4 Å². The van der Waals surface area contributed by atoms with Crippen LogP contribution in [0.4, 0.5) is 5.69 Å². The van der Waals surface area contributed by atoms with Crippen molar-refractivity contribution >= 4 is 17.6 Å². The number of nitrogens with one attached hydrogen (secondary N) is 1. The van der Waals surface area contributed by atoms with Gasteiger partial charge in [-0.25, -0.2) is 0 Å². The maximum atomic E-state index is 12.2. The second-order valence-corrected chi connectivity index (χ2v) is 5.38. The molecule has 1 fully saturated rings. The SMILES string of the molecule is CCc1ccccc1NC(=O)CN1CCCCC1C(=O)O. The van der Waals surface area contributed by atoms with Crippen molar-refractivity contribution in [3.05, 3.63) is 29.8 Å². The Morgan fingerprint density at radius 2 is 2.10 bits per heavy atom. The van der Waals surface area contributed by atoms with Crippen LogP contribution in [0.25, 0.3) is 0 Å². The van der Waals surface area contributed by atoms with Gasteiger partial charge in [0.1, 0.15) is 6.04 Å². The summed E-state index contributed by atoms with van der Waals surface area (Å²) in [6, 6.07) is 7.15. The van der Waals surface area contributed by atoms with Gasteiger partial charge in [0.05, 0.1) is 6.54 Å². The molecule has 1 unspecified atom stereocenters. The van der Waals surface area contributed by atoms with E-state index in [1.54, 1.807) is 4.90 Å². The van der Waals surface area contributed by atoms with Crippen LogP contribution in [-0.4, -0.2) is 41.0 Å². The van der Waals surface area contributed by atoms with Crippen molar-refractivity contribution in [1.29, 1.82) is 0 Å². The van der Waals surface area contributed by atoms with E-state index in [0.29, 0.717) is 13.0 Å². The van der Waals surface area contributed by atoms with Crippen molar-refractivity contribution in [3.8, 4) is 0 Å². The molecule has 1 aliphatic heterocycles. The van der Waals surface area contributed by atoms with Crippen molar-refractivity contribution in [3.63, 3.8) is 0 Å². The standard InChI is InChI=1S/C16H22N2O3/c1-2-12-7-3-4-8-13(12)17-15(19)11-18-10-6-5-9-14(18)16(20)21/h3-4,7-8,14H,2,5-6,9-11H2,1H3,(H,17,19)(H,20,21). The van der Waals surface area contributed by atoms with E-state index >= 15 is 0 Å². The predicted molar refractivity (Wildman–Crippen MR) is 81.3 cm³/mol. The number of benzene rings is 1. The van der Waals surface area contributed by atoms with Crippen LogP contribution in [0.15, 0.2) is 24.3 Å². The van der Waals surface area contributed by atoms with E-state index in [9.17, 15) is 14.7 Å². The summed E-state index contributed by atoms with van der Waals surface area (Å²) in [5.41, 5.74) is 1.90. The van der Waals surface area contributed by atoms with Crippen LogP contribution >= 0.6 is 0 Å². The molecule has 2 rings (SSSR count). The van der Waals surface area contributed by atoms with Gasteiger partial charge in [0.25, 0.3) is 0 Å². The fraction of sp³-hybridized carbons (Fsp3) is 0.500. The first kappa shape index (κ1) is 15.5. The van der Waals surface area contributed by atoms with Gasteiger partial charge < -0.3 is 10.4 Å². The molecule has 0 aromatic heterocycles. The Kier molecular flexibility index (Phi) is 5.33. The quantitative estimate of drug-likeness (QED) is 0.871. The minimum absolute atomic E-state index is 0.134. The number of para-hydroxylation sites is 1. The number of hydrogen-bond donors (Lipinski definition) is 2. The number of aliphatic carboxylic acids is 1. The Labute approximate surface area is 125 Å². The molecule has 5 nitrogen and oxygen atoms in total. The summed E-state index contributed by atoms with van der Waals surface area (Å²) in [6.45, 7) is 2.84. The first-order chi connectivity index (χ1) is 10.1. The lowest BCUT2D eigenvalue weighted by molar-refractivity contribution is -0.145. The third kappa shape index (κ3) is 4.04. The summed E-state index contributed by atoms with van der Waals surface area (Å²) in [5, 5.41) is 12.1. The third-order valence-electron chi connectivity index (χ3n) is 3.92. The number of hydrogen-bond acceptors (Lipinski definition) is 3. The Bertz CT molecular complexity index is 516. The normalized spacial score (nSPS) is 19.2. The van der Waals surface area contributed by atoms with Gasteiger partial charge in [0.2, 0.25) is 5.91 Å². The minimum atomic E-state index is -0.837. The van der Waals surface area contributed by atoms with Gasteiger partial charge in [0, 0.05) is 5.69 Å². The summed E-state index contributed by atoms with van der Waals surface area (Å²) < 4.78 is 0. The molecule has 1 atom stereocenters. The second-order valence-electron chi connectivity index (χ2n) is 5.38. The summed E-state index contributed by atoms with van der Waals surface area (Å²) in [6.07, 6.45) is 3.32. The zero-order valence-electron chi connectivity index (χ0n) is 12.3. The number of aryl methyl sites for hydroxylation is 1. The van der Waals surface area contributed by atoms with E-state index in [2.05, 4.69) is 5.32 Å². The van der Waals surface area contributed by atoms with Crippen molar-refractivity contribution in [2.45, 2.75) is 38.6 Å². The van der Waals surface area contributed by atoms with Crippen LogP contribution in [0.1, 0.15) is 31.7 Å². The zero-order valence-corrected chi connectivity index (χ0v) is 12.3. The Morgan fingerprint density at radius 3 is 2.81 bits per heavy atom. The molecule has 0 spiro atoms. The van der Waals surface area contributed by atoms with E-state index < -0.39 is 12.0 Å². The van der Waals surface area contributed by atoms with Gasteiger partial charge in [-0.2, -0.15) is 0 Å². The van der Waals surface area contributed by atoms with Crippen LogP contribution in [0.5, 0.6) is 0 Å². The summed E-state index contributed by atoms with van der Waals surface area (Å²) in [7, 11) is 0. The monoisotopic (exact) mass is 290 g/mol. The van der Waals surface area contributed by atoms with E-state index in [1.807, 2.05) is 31.2 Å². The molecule has 1 aromatic carbocycles. The number of likely N-dealkylation sites (tertiary alicyclic amines) is 1. The molecule has 1 aromatic rings. The number of rotatable bonds is 5. The minimum Gasteiger partial charge on any atom is -0.480 e. The molecule has 0 bridgehead atoms. The molecule has 114 valence electrons. The van der Waals surface area contributed by atoms with Crippen LogP contribution < -0.4 is 5.32 Å². The molecular weight excluding hydrogens is 268 g/mol. The van der Waals surface area contributed by atoms with Gasteiger partial charge in [-0.3, -0.25) is 14.5 Å². The number of carbonyl (C=O) groups excluding carboxylic acids is 1. The molecule has 1 saturated heterocycles. The highest BCUT2D eigenvalue weighted by Gasteiger charge is 2.29. The van der Waals surface area contributed by atoms with Crippen LogP contribution in [0, 0.1) is 0 Å². The van der Waals surface area contributed by atoms with Gasteiger partial charge in [-0.05, 0) is 37.4 Å². The van der Waals surface area contributed by atoms with Gasteiger partial charge in [-0.1, -0.05) is 31.5 Å². The molecule has 1 heterocycles. The van der Waals surface area contributed by atoms with Gasteiger partial charge in [0.15, 0.2) is 0 Å². The van der Waals surface area contributed by atoms with E-state index in [0.717, 1.165) is 30.5 Å². The molecule has 0 aliphatic carbocycles. The Morgan fingerprint density at radius 1 is 1.33 bits per heavy atom. The number of amides is 1. The number of nitrogens with zero attached hydrogens (tertiary/aromatic N) is 1. The number of piperidine rings is 1. The fourth-order valence-corrected chi connectivity index (χ4v) is 2.78. The Hall–Kier alpha value is -1.88. The van der Waals surface area contributed by atoms with Crippen molar-refractivity contribution < 1.29 is 14.7 Å². The third-order valence-corrected chi connectivity index (χ3v) is 3.92. The smallest absolute Gasteiger partial charge is 0.320 e. The molecule has 1 amide bonds. The largest absolute Gasteiger partial charge is 0.480 e. The fourth-order valence-electron chi connectivity index (χ4n) is 2.78. The van der Waals surface area contributed by atoms with E-state index in [4.69, 9.17) is 0 Å². The highest BCUT2D eigenvalue weighted by Crippen LogP contribution is 2.18. The first-order valence-electron chi connectivity index (χ1n) is 7.46.